The molecule has 0 unspecified atom stereocenters. The summed E-state index contributed by atoms with van der Waals surface area (Å²) in [7, 11) is 0. The highest BCUT2D eigenvalue weighted by Crippen LogP contribution is 2.38. The van der Waals surface area contributed by atoms with Gasteiger partial charge in [-0.1, -0.05) is 0 Å². The molecule has 0 aromatic carbocycles. The number of ether oxygens (including phenoxy) is 1. The van der Waals surface area contributed by atoms with Gasteiger partial charge in [0.15, 0.2) is 0 Å². The van der Waals surface area contributed by atoms with Crippen molar-refractivity contribution < 1.29 is 44.3 Å². The molecule has 7 N–H and O–H groups in total. The van der Waals surface area contributed by atoms with E-state index in [1.165, 1.54) is 38.6 Å². The molecule has 0 amide bonds. The van der Waals surface area contributed by atoms with Crippen molar-refractivity contribution in [2.75, 3.05) is 5.73 Å². The lowest BCUT2D eigenvalue weighted by atomic mass is 10.1. The van der Waals surface area contributed by atoms with Crippen LogP contribution in [0, 0.1) is 69.2 Å². The van der Waals surface area contributed by atoms with Gasteiger partial charge in [0.25, 0.3) is 6.43 Å². The molecule has 0 bridgehead atoms. The van der Waals surface area contributed by atoms with Crippen LogP contribution < -0.4 is 10.5 Å². The summed E-state index contributed by atoms with van der Waals surface area (Å²) in [5.74, 6) is -0.184. The number of aryl methyl sites for hydroxylation is 10. The van der Waals surface area contributed by atoms with E-state index in [1.807, 2.05) is 40.1 Å². The zero-order valence-electron chi connectivity index (χ0n) is 39.7. The van der Waals surface area contributed by atoms with Gasteiger partial charge in [-0.3, -0.25) is 0 Å². The van der Waals surface area contributed by atoms with Crippen LogP contribution >= 0.6 is 0 Å². The van der Waals surface area contributed by atoms with Gasteiger partial charge in [-0.25, -0.2) is 38.1 Å². The van der Waals surface area contributed by atoms with E-state index < -0.39 is 31.2 Å². The molecule has 10 rings (SSSR count). The number of aromatic amines is 5. The van der Waals surface area contributed by atoms with E-state index in [1.54, 1.807) is 52.5 Å². The van der Waals surface area contributed by atoms with E-state index in [-0.39, 0.29) is 27.9 Å². The number of halogens is 9. The van der Waals surface area contributed by atoms with Gasteiger partial charge in [0, 0.05) is 100 Å². The fraction of sp³-hybridized carbons (Fsp3) is 0.286. The lowest BCUT2D eigenvalue weighted by molar-refractivity contribution is -0.274. The number of fused-ring (bicyclic) bond motifs is 5. The van der Waals surface area contributed by atoms with E-state index in [0.717, 1.165) is 61.1 Å². The molecule has 0 saturated heterocycles. The normalized spacial score (nSPS) is 11.6. The van der Waals surface area contributed by atoms with Crippen molar-refractivity contribution in [2.45, 2.75) is 94.9 Å². The predicted octanol–water partition coefficient (Wildman–Crippen LogP) is 13.8. The Morgan fingerprint density at radius 3 is 1.33 bits per heavy atom. The van der Waals surface area contributed by atoms with Crippen LogP contribution in [0.2, 0.25) is 0 Å². The topological polar surface area (TPSA) is 179 Å². The number of pyridine rings is 5. The van der Waals surface area contributed by atoms with Crippen molar-refractivity contribution in [3.63, 3.8) is 0 Å². The number of nitrogens with zero attached hydrogens (tertiary/aromatic N) is 5. The second kappa shape index (κ2) is 20.6. The van der Waals surface area contributed by atoms with Crippen molar-refractivity contribution in [2.24, 2.45) is 0 Å². The summed E-state index contributed by atoms with van der Waals surface area (Å²) in [4.78, 5) is 34.8. The Balaban J connectivity index is 0.000000144. The molecule has 0 saturated carbocycles. The van der Waals surface area contributed by atoms with Gasteiger partial charge in [-0.05, 0) is 125 Å². The van der Waals surface area contributed by atoms with Gasteiger partial charge in [-0.15, -0.1) is 13.2 Å². The average molecular weight is 980 g/mol. The molecule has 12 nitrogen and oxygen atoms in total. The number of hydrogen-bond acceptors (Lipinski definition) is 7. The second-order valence-electron chi connectivity index (χ2n) is 16.7. The van der Waals surface area contributed by atoms with E-state index >= 15 is 0 Å². The number of rotatable bonds is 3. The lowest BCUT2D eigenvalue weighted by Gasteiger charge is -2.12. The molecule has 10 aromatic heterocycles. The van der Waals surface area contributed by atoms with E-state index in [2.05, 4.69) is 54.6 Å². The van der Waals surface area contributed by atoms with Crippen LogP contribution in [0.1, 0.15) is 78.8 Å². The molecule has 370 valence electrons. The number of aromatic nitrogens is 10. The Kier molecular flexibility index (Phi) is 15.2. The van der Waals surface area contributed by atoms with Gasteiger partial charge in [0.2, 0.25) is 0 Å². The van der Waals surface area contributed by atoms with Gasteiger partial charge < -0.3 is 35.4 Å². The zero-order valence-corrected chi connectivity index (χ0v) is 39.7. The van der Waals surface area contributed by atoms with Crippen LogP contribution in [0.25, 0.3) is 55.2 Å². The Morgan fingerprint density at radius 1 is 0.471 bits per heavy atom. The number of H-pyrrole nitrogens is 5. The van der Waals surface area contributed by atoms with E-state index in [0.29, 0.717) is 44.3 Å². The minimum absolute atomic E-state index is 0.0914. The molecule has 10 aromatic rings. The van der Waals surface area contributed by atoms with E-state index in [4.69, 9.17) is 5.73 Å². The fourth-order valence-corrected chi connectivity index (χ4v) is 7.91. The van der Waals surface area contributed by atoms with Crippen LogP contribution in [0.5, 0.6) is 5.75 Å². The molecular formula is C49H50F9N11O. The molecule has 10 heterocycles. The highest BCUT2D eigenvalue weighted by Gasteiger charge is 2.36. The largest absolute Gasteiger partial charge is 0.573 e. The van der Waals surface area contributed by atoms with Crippen molar-refractivity contribution >= 4 is 60.9 Å². The second-order valence-corrected chi connectivity index (χ2v) is 16.7. The number of hydrogen-bond donors (Lipinski definition) is 6. The van der Waals surface area contributed by atoms with Gasteiger partial charge >= 0.3 is 12.5 Å². The minimum Gasteiger partial charge on any atom is -0.405 e. The molecule has 0 radical (unpaired) electrons. The maximum Gasteiger partial charge on any atom is 0.573 e. The summed E-state index contributed by atoms with van der Waals surface area (Å²) in [5, 5.41) is 3.08. The zero-order chi connectivity index (χ0) is 51.6. The predicted molar refractivity (Wildman–Crippen MR) is 254 cm³/mol. The number of anilines is 1. The summed E-state index contributed by atoms with van der Waals surface area (Å²) in [6.07, 6.45) is 4.68. The van der Waals surface area contributed by atoms with Crippen molar-refractivity contribution in [1.82, 2.24) is 49.8 Å². The van der Waals surface area contributed by atoms with Crippen LogP contribution in [-0.2, 0) is 12.9 Å². The number of alkyl halides is 9. The van der Waals surface area contributed by atoms with E-state index in [9.17, 15) is 39.5 Å². The molecule has 0 aliphatic rings. The molecule has 0 aliphatic heterocycles. The van der Waals surface area contributed by atoms with Gasteiger partial charge in [0.05, 0.1) is 10.9 Å². The lowest BCUT2D eigenvalue weighted by Crippen LogP contribution is -2.18. The Bertz CT molecular complexity index is 3450. The summed E-state index contributed by atoms with van der Waals surface area (Å²) >= 11 is 0. The molecule has 0 spiro atoms. The highest BCUT2D eigenvalue weighted by atomic mass is 19.4. The monoisotopic (exact) mass is 979 g/mol. The molecule has 0 fully saturated rings. The first-order valence-electron chi connectivity index (χ1n) is 21.4. The van der Waals surface area contributed by atoms with Gasteiger partial charge in [0.1, 0.15) is 40.7 Å². The van der Waals surface area contributed by atoms with Crippen LogP contribution in [0.4, 0.5) is 45.2 Å². The summed E-state index contributed by atoms with van der Waals surface area (Å²) in [6.45, 7) is 17.1. The smallest absolute Gasteiger partial charge is 0.405 e. The number of nitrogens with one attached hydrogen (secondary N) is 5. The van der Waals surface area contributed by atoms with Crippen molar-refractivity contribution in [3.8, 4) is 5.75 Å². The average Bonchev–Trinajstić information content (AvgIpc) is 4.13. The third-order valence-corrected chi connectivity index (χ3v) is 11.5. The Hall–Kier alpha value is -7.58. The molecular weight excluding hydrogens is 930 g/mol. The fourth-order valence-electron chi connectivity index (χ4n) is 7.91. The third-order valence-electron chi connectivity index (χ3n) is 11.5. The third kappa shape index (κ3) is 11.0. The first-order chi connectivity index (χ1) is 32.8. The van der Waals surface area contributed by atoms with Crippen LogP contribution in [0.3, 0.4) is 0 Å². The summed E-state index contributed by atoms with van der Waals surface area (Å²) < 4.78 is 117. The number of nitrogens with two attached hydrogens (primary N) is 1. The molecule has 0 aliphatic carbocycles. The van der Waals surface area contributed by atoms with Crippen molar-refractivity contribution in [3.05, 3.63) is 134 Å². The van der Waals surface area contributed by atoms with Crippen molar-refractivity contribution in [1.29, 1.82) is 0 Å². The Labute approximate surface area is 394 Å². The van der Waals surface area contributed by atoms with Crippen LogP contribution in [-0.4, -0.2) is 56.2 Å². The molecule has 70 heavy (non-hydrogen) atoms. The quantitative estimate of drug-likeness (QED) is 0.0954. The van der Waals surface area contributed by atoms with Gasteiger partial charge in [-0.2, -0.15) is 13.2 Å². The highest BCUT2D eigenvalue weighted by molar-refractivity contribution is 5.92. The van der Waals surface area contributed by atoms with Crippen LogP contribution in [0.15, 0.2) is 62.0 Å². The molecule has 0 atom stereocenters. The first-order valence-corrected chi connectivity index (χ1v) is 21.4. The summed E-state index contributed by atoms with van der Waals surface area (Å²) in [6, 6.07) is 0. The first kappa shape index (κ1) is 51.8. The maximum atomic E-state index is 12.8. The minimum atomic E-state index is -4.69. The molecule has 21 heteroatoms. The standard InChI is InChI=1S/C10H9F3N2O.C10H9F3N2.C10H10F2N2.C10H11FN2.C9H11N3/c1-5-3-14-9-7(5)8(6(2)4-15-9)16-10(11,12)13;1-5-3-14-9-7(5)8(10(11,12)13)6(2)4-15-9;1-5-3-13-10-8(6(2)4-14-10)7(5)9(11)12;1-6-4-12-10-9(8(6)3-11)7(2)5-13-10;1-5-3-11-9-7(5)8(10)6(2)4-12-9/h3-4H,1-2H3,(H,14,15);3-4H,1-2H3,(H,14,15);3-4,9H,1-2H3,(H,13,14);4-5H,3H2,1-2H3,(H,12,13);3-4H,1-2H3,(H3,10,11,12). The Morgan fingerprint density at radius 2 is 0.843 bits per heavy atom. The number of nitrogen functional groups attached to an aromatic ring is 1. The summed E-state index contributed by atoms with van der Waals surface area (Å²) in [5.41, 5.74) is 17.1. The maximum absolute atomic E-state index is 12.8. The SMILES string of the molecule is Cc1cnc2[nH]cc(C)c2c1C(F)(F)F.Cc1cnc2[nH]cc(C)c2c1C(F)F.Cc1cnc2[nH]cc(C)c2c1CF.Cc1cnc2[nH]cc(C)c2c1N.Cc1cnc2[nH]cc(C)c2c1OC(F)(F)F.